The first-order chi connectivity index (χ1) is 14.4. The summed E-state index contributed by atoms with van der Waals surface area (Å²) >= 11 is 7.00. The topological polar surface area (TPSA) is 80.3 Å². The molecule has 9 heteroatoms. The number of para-hydroxylation sites is 1. The molecule has 0 unspecified atom stereocenters. The molecule has 154 valence electrons. The fourth-order valence-corrected chi connectivity index (χ4v) is 5.34. The highest BCUT2D eigenvalue weighted by Crippen LogP contribution is 2.60. The number of amides is 2. The van der Waals surface area contributed by atoms with E-state index < -0.39 is 5.82 Å². The number of halogens is 2. The first kappa shape index (κ1) is 19.3. The van der Waals surface area contributed by atoms with Crippen molar-refractivity contribution in [1.82, 2.24) is 15.6 Å². The quantitative estimate of drug-likeness (QED) is 0.606. The van der Waals surface area contributed by atoms with E-state index in [1.165, 1.54) is 23.5 Å². The zero-order valence-corrected chi connectivity index (χ0v) is 17.3. The van der Waals surface area contributed by atoms with E-state index in [0.29, 0.717) is 24.3 Å². The lowest BCUT2D eigenvalue weighted by Gasteiger charge is -2.70. The number of hydrogen-bond donors (Lipinski definition) is 2. The molecule has 2 N–H and O–H groups in total. The molecule has 6 rings (SSSR count). The lowest BCUT2D eigenvalue weighted by Crippen LogP contribution is -2.84. The monoisotopic (exact) mass is 445 g/mol. The fraction of sp³-hybridized carbons (Fsp3) is 0.286. The minimum Gasteiger partial charge on any atom is -0.484 e. The molecule has 3 aliphatic rings. The van der Waals surface area contributed by atoms with Crippen molar-refractivity contribution < 1.29 is 18.7 Å². The molecule has 0 saturated heterocycles. The van der Waals surface area contributed by atoms with E-state index in [0.717, 1.165) is 16.3 Å². The van der Waals surface area contributed by atoms with E-state index in [4.69, 9.17) is 16.3 Å². The Labute approximate surface area is 180 Å². The lowest BCUT2D eigenvalue weighted by atomic mass is 9.44. The maximum Gasteiger partial charge on any atom is 0.280 e. The van der Waals surface area contributed by atoms with Gasteiger partial charge in [-0.25, -0.2) is 9.37 Å². The Morgan fingerprint density at radius 2 is 1.87 bits per heavy atom. The number of rotatable bonds is 6. The highest BCUT2D eigenvalue weighted by atomic mass is 35.5. The summed E-state index contributed by atoms with van der Waals surface area (Å²) in [6, 6.07) is 11.7. The van der Waals surface area contributed by atoms with Crippen LogP contribution in [-0.2, 0) is 4.79 Å². The van der Waals surface area contributed by atoms with Gasteiger partial charge in [0.25, 0.3) is 11.8 Å². The van der Waals surface area contributed by atoms with Gasteiger partial charge in [-0.2, -0.15) is 0 Å². The first-order valence-corrected chi connectivity index (χ1v) is 10.6. The molecular formula is C21H17ClFN3O3S. The van der Waals surface area contributed by atoms with Crippen LogP contribution in [0.5, 0.6) is 5.75 Å². The number of fused-ring (bicyclic) bond motifs is 1. The number of aromatic nitrogens is 1. The highest BCUT2D eigenvalue weighted by molar-refractivity contribution is 7.20. The summed E-state index contributed by atoms with van der Waals surface area (Å²) in [5, 5.41) is 6.49. The fourth-order valence-electron chi connectivity index (χ4n) is 4.36. The number of carbonyl (C=O) groups is 2. The van der Waals surface area contributed by atoms with E-state index in [9.17, 15) is 14.0 Å². The number of ether oxygens (including phenoxy) is 1. The van der Waals surface area contributed by atoms with Gasteiger partial charge in [-0.3, -0.25) is 9.59 Å². The van der Waals surface area contributed by atoms with Crippen molar-refractivity contribution in [2.24, 2.45) is 0 Å². The second-order valence-corrected chi connectivity index (χ2v) is 9.38. The predicted molar refractivity (Wildman–Crippen MR) is 111 cm³/mol. The van der Waals surface area contributed by atoms with Crippen molar-refractivity contribution in [3.63, 3.8) is 0 Å². The molecular weight excluding hydrogens is 429 g/mol. The number of thiazole rings is 1. The average Bonchev–Trinajstić information content (AvgIpc) is 3.10. The van der Waals surface area contributed by atoms with E-state index in [-0.39, 0.29) is 40.3 Å². The zero-order chi connectivity index (χ0) is 20.9. The summed E-state index contributed by atoms with van der Waals surface area (Å²) in [5.41, 5.74) is 0.240. The SMILES string of the molecule is O=C(COc1ccc(Cl)c(F)c1)NC12CC(NC(=O)c3nc4ccccc4s3)(C1)C2. The molecule has 3 fully saturated rings. The Bertz CT molecular complexity index is 1130. The van der Waals surface area contributed by atoms with Crippen LogP contribution < -0.4 is 15.4 Å². The molecule has 1 aromatic heterocycles. The summed E-state index contributed by atoms with van der Waals surface area (Å²) in [6.07, 6.45) is 2.04. The van der Waals surface area contributed by atoms with Crippen molar-refractivity contribution in [3.8, 4) is 5.75 Å². The van der Waals surface area contributed by atoms with Crippen molar-refractivity contribution in [1.29, 1.82) is 0 Å². The molecule has 3 aromatic rings. The third kappa shape index (κ3) is 3.40. The Hall–Kier alpha value is -2.71. The van der Waals surface area contributed by atoms with Crippen LogP contribution in [0.2, 0.25) is 5.02 Å². The van der Waals surface area contributed by atoms with Crippen molar-refractivity contribution in [2.75, 3.05) is 6.61 Å². The average molecular weight is 446 g/mol. The minimum atomic E-state index is -0.597. The number of nitrogens with one attached hydrogen (secondary N) is 2. The third-order valence-corrected chi connectivity index (χ3v) is 6.90. The maximum absolute atomic E-state index is 13.4. The molecule has 2 bridgehead atoms. The number of carbonyl (C=O) groups excluding carboxylic acids is 2. The van der Waals surface area contributed by atoms with Gasteiger partial charge in [0, 0.05) is 17.1 Å². The summed E-state index contributed by atoms with van der Waals surface area (Å²) in [5.74, 6) is -0.816. The Morgan fingerprint density at radius 1 is 1.13 bits per heavy atom. The standard InChI is InChI=1S/C21H17ClFN3O3S/c22-13-6-5-12(7-14(13)23)29-8-17(27)25-20-9-21(10-20,11-20)26-18(28)19-24-15-3-1-2-4-16(15)30-19/h1-7H,8-11H2,(H,25,27)(H,26,28). The van der Waals surface area contributed by atoms with E-state index in [2.05, 4.69) is 15.6 Å². The molecule has 0 spiro atoms. The Balaban J connectivity index is 1.12. The first-order valence-electron chi connectivity index (χ1n) is 9.42. The van der Waals surface area contributed by atoms with Gasteiger partial charge in [-0.15, -0.1) is 11.3 Å². The molecule has 0 atom stereocenters. The van der Waals surface area contributed by atoms with Crippen LogP contribution in [0.15, 0.2) is 42.5 Å². The van der Waals surface area contributed by atoms with Crippen LogP contribution in [0.3, 0.4) is 0 Å². The summed E-state index contributed by atoms with van der Waals surface area (Å²) in [7, 11) is 0. The minimum absolute atomic E-state index is 0.00105. The smallest absolute Gasteiger partial charge is 0.280 e. The van der Waals surface area contributed by atoms with Crippen LogP contribution in [0.4, 0.5) is 4.39 Å². The largest absolute Gasteiger partial charge is 0.484 e. The van der Waals surface area contributed by atoms with Gasteiger partial charge < -0.3 is 15.4 Å². The van der Waals surface area contributed by atoms with Crippen LogP contribution >= 0.6 is 22.9 Å². The van der Waals surface area contributed by atoms with E-state index >= 15 is 0 Å². The molecule has 3 saturated carbocycles. The third-order valence-electron chi connectivity index (χ3n) is 5.56. The number of nitrogens with zero attached hydrogens (tertiary/aromatic N) is 1. The Kier molecular flexibility index (Phi) is 4.44. The van der Waals surface area contributed by atoms with Crippen LogP contribution in [-0.4, -0.2) is 34.5 Å². The second-order valence-electron chi connectivity index (χ2n) is 7.94. The van der Waals surface area contributed by atoms with Gasteiger partial charge in [-0.1, -0.05) is 23.7 Å². The maximum atomic E-state index is 13.4. The number of hydrogen-bond acceptors (Lipinski definition) is 5. The molecule has 0 aliphatic heterocycles. The van der Waals surface area contributed by atoms with Gasteiger partial charge in [0.05, 0.1) is 15.2 Å². The lowest BCUT2D eigenvalue weighted by molar-refractivity contribution is -0.141. The predicted octanol–water partition coefficient (Wildman–Crippen LogP) is 3.69. The number of benzene rings is 2. The van der Waals surface area contributed by atoms with Gasteiger partial charge in [0.1, 0.15) is 11.6 Å². The van der Waals surface area contributed by atoms with Gasteiger partial charge >= 0.3 is 0 Å². The van der Waals surface area contributed by atoms with Crippen LogP contribution in [0, 0.1) is 5.82 Å². The molecule has 2 aromatic carbocycles. The van der Waals surface area contributed by atoms with Crippen molar-refractivity contribution in [3.05, 3.63) is 58.3 Å². The zero-order valence-electron chi connectivity index (χ0n) is 15.7. The van der Waals surface area contributed by atoms with Crippen LogP contribution in [0.25, 0.3) is 10.2 Å². The van der Waals surface area contributed by atoms with Gasteiger partial charge in [0.2, 0.25) is 0 Å². The van der Waals surface area contributed by atoms with Crippen molar-refractivity contribution >= 4 is 45.0 Å². The molecule has 6 nitrogen and oxygen atoms in total. The molecule has 30 heavy (non-hydrogen) atoms. The van der Waals surface area contributed by atoms with Gasteiger partial charge in [0.15, 0.2) is 11.6 Å². The van der Waals surface area contributed by atoms with E-state index in [1.807, 2.05) is 24.3 Å². The molecule has 3 aliphatic carbocycles. The molecule has 2 amide bonds. The van der Waals surface area contributed by atoms with E-state index in [1.54, 1.807) is 0 Å². The van der Waals surface area contributed by atoms with Crippen molar-refractivity contribution in [2.45, 2.75) is 30.3 Å². The van der Waals surface area contributed by atoms with Gasteiger partial charge in [-0.05, 0) is 43.5 Å². The van der Waals surface area contributed by atoms with Crippen LogP contribution in [0.1, 0.15) is 29.1 Å². The molecule has 1 heterocycles. The molecule has 0 radical (unpaired) electrons. The summed E-state index contributed by atoms with van der Waals surface area (Å²) in [6.45, 7) is -0.214. The highest BCUT2D eigenvalue weighted by Gasteiger charge is 2.69. The second kappa shape index (κ2) is 6.92. The summed E-state index contributed by atoms with van der Waals surface area (Å²) < 4.78 is 19.7. The summed E-state index contributed by atoms with van der Waals surface area (Å²) in [4.78, 5) is 29.2. The normalized spacial score (nSPS) is 23.9. The Morgan fingerprint density at radius 3 is 2.60 bits per heavy atom.